The van der Waals surface area contributed by atoms with E-state index in [0.717, 1.165) is 32.5 Å². The van der Waals surface area contributed by atoms with E-state index < -0.39 is 0 Å². The van der Waals surface area contributed by atoms with Crippen LogP contribution in [0.5, 0.6) is 0 Å². The van der Waals surface area contributed by atoms with E-state index in [4.69, 9.17) is 0 Å². The van der Waals surface area contributed by atoms with Crippen LogP contribution in [0.3, 0.4) is 0 Å². The number of rotatable bonds is 4. The Balaban J connectivity index is 0.00000200. The fraction of sp³-hybridized carbons (Fsp3) is 0.857. The summed E-state index contributed by atoms with van der Waals surface area (Å²) in [5.41, 5.74) is 0. The molecule has 0 aromatic rings. The number of carbonyl (C=O) groups excluding carboxylic acids is 2. The summed E-state index contributed by atoms with van der Waals surface area (Å²) in [6.45, 7) is 6.72. The van der Waals surface area contributed by atoms with Gasteiger partial charge in [0.25, 0.3) is 0 Å². The molecule has 2 rings (SSSR count). The number of nitrogens with zero attached hydrogens (tertiary/aromatic N) is 1. The van der Waals surface area contributed by atoms with Crippen molar-refractivity contribution in [3.05, 3.63) is 0 Å². The maximum Gasteiger partial charge on any atom is 0.243 e. The molecule has 0 saturated carbocycles. The first-order chi connectivity index (χ1) is 9.13. The molecule has 2 heterocycles. The van der Waals surface area contributed by atoms with Crippen LogP contribution in [0.2, 0.25) is 0 Å². The number of amides is 2. The minimum Gasteiger partial charge on any atom is -0.350 e. The predicted octanol–water partition coefficient (Wildman–Crippen LogP) is 0.923. The molecule has 2 amide bonds. The summed E-state index contributed by atoms with van der Waals surface area (Å²) in [6, 6.07) is -0.0999. The molecular weight excluding hydrogens is 278 g/mol. The lowest BCUT2D eigenvalue weighted by Crippen LogP contribution is -2.55. The van der Waals surface area contributed by atoms with Crippen LogP contribution in [-0.2, 0) is 9.59 Å². The number of halogens is 1. The fourth-order valence-corrected chi connectivity index (χ4v) is 3.01. The Kier molecular flexibility index (Phi) is 6.76. The number of carbonyl (C=O) groups is 2. The van der Waals surface area contributed by atoms with Gasteiger partial charge in [-0.3, -0.25) is 9.59 Å². The third kappa shape index (κ3) is 3.85. The van der Waals surface area contributed by atoms with Gasteiger partial charge in [0.15, 0.2) is 0 Å². The highest BCUT2D eigenvalue weighted by molar-refractivity contribution is 5.88. The monoisotopic (exact) mass is 303 g/mol. The summed E-state index contributed by atoms with van der Waals surface area (Å²) >= 11 is 0. The molecule has 2 aliphatic heterocycles. The lowest BCUT2D eigenvalue weighted by atomic mass is 9.94. The van der Waals surface area contributed by atoms with Gasteiger partial charge in [-0.15, -0.1) is 12.4 Å². The van der Waals surface area contributed by atoms with Crippen molar-refractivity contribution >= 4 is 24.2 Å². The molecule has 0 aromatic carbocycles. The van der Waals surface area contributed by atoms with Gasteiger partial charge in [0.1, 0.15) is 6.04 Å². The van der Waals surface area contributed by atoms with Crippen molar-refractivity contribution in [2.24, 2.45) is 5.92 Å². The first-order valence-electron chi connectivity index (χ1n) is 7.44. The molecule has 116 valence electrons. The van der Waals surface area contributed by atoms with E-state index in [9.17, 15) is 9.59 Å². The first kappa shape index (κ1) is 17.2. The zero-order chi connectivity index (χ0) is 13.8. The van der Waals surface area contributed by atoms with Crippen LogP contribution in [0.1, 0.15) is 39.5 Å². The second kappa shape index (κ2) is 7.84. The van der Waals surface area contributed by atoms with Crippen molar-refractivity contribution in [2.45, 2.75) is 51.6 Å². The number of piperidine rings is 1. The maximum atomic E-state index is 12.4. The molecule has 0 aromatic heterocycles. The Labute approximate surface area is 127 Å². The molecule has 2 saturated heterocycles. The summed E-state index contributed by atoms with van der Waals surface area (Å²) < 4.78 is 0. The van der Waals surface area contributed by atoms with Crippen LogP contribution in [0, 0.1) is 5.92 Å². The number of hydrogen-bond acceptors (Lipinski definition) is 3. The first-order valence-corrected chi connectivity index (χ1v) is 7.44. The minimum atomic E-state index is -0.288. The van der Waals surface area contributed by atoms with E-state index >= 15 is 0 Å². The Morgan fingerprint density at radius 3 is 2.85 bits per heavy atom. The van der Waals surface area contributed by atoms with Gasteiger partial charge in [0.05, 0.1) is 0 Å². The van der Waals surface area contributed by atoms with Crippen molar-refractivity contribution in [1.29, 1.82) is 0 Å². The lowest BCUT2D eigenvalue weighted by molar-refractivity contribution is -0.138. The van der Waals surface area contributed by atoms with E-state index in [1.807, 2.05) is 6.92 Å². The van der Waals surface area contributed by atoms with E-state index in [1.54, 1.807) is 4.90 Å². The van der Waals surface area contributed by atoms with Crippen LogP contribution in [-0.4, -0.2) is 48.4 Å². The lowest BCUT2D eigenvalue weighted by Gasteiger charge is -2.33. The molecule has 2 N–H and O–H groups in total. The van der Waals surface area contributed by atoms with Crippen LogP contribution in [0.4, 0.5) is 0 Å². The molecule has 0 radical (unpaired) electrons. The summed E-state index contributed by atoms with van der Waals surface area (Å²) in [5, 5.41) is 6.43. The number of hydrogen-bond donors (Lipinski definition) is 2. The van der Waals surface area contributed by atoms with Crippen LogP contribution in [0.15, 0.2) is 0 Å². The molecule has 3 atom stereocenters. The van der Waals surface area contributed by atoms with E-state index in [-0.39, 0.29) is 36.3 Å². The zero-order valence-electron chi connectivity index (χ0n) is 12.4. The molecule has 2 aliphatic rings. The second-order valence-corrected chi connectivity index (χ2v) is 5.70. The van der Waals surface area contributed by atoms with E-state index in [1.165, 1.54) is 0 Å². The molecule has 0 aliphatic carbocycles. The second-order valence-electron chi connectivity index (χ2n) is 5.70. The van der Waals surface area contributed by atoms with E-state index in [2.05, 4.69) is 17.6 Å². The van der Waals surface area contributed by atoms with Crippen molar-refractivity contribution < 1.29 is 9.59 Å². The number of likely N-dealkylation sites (tertiary alicyclic amines) is 1. The smallest absolute Gasteiger partial charge is 0.243 e. The SMILES string of the molecule is CCC(C(=O)NC1CNCCC1C)N1CCCC1=O.Cl. The molecule has 3 unspecified atom stereocenters. The Bertz CT molecular complexity index is 351. The van der Waals surface area contributed by atoms with Crippen molar-refractivity contribution in [1.82, 2.24) is 15.5 Å². The third-order valence-electron chi connectivity index (χ3n) is 4.33. The predicted molar refractivity (Wildman–Crippen MR) is 80.9 cm³/mol. The van der Waals surface area contributed by atoms with Crippen molar-refractivity contribution in [3.63, 3.8) is 0 Å². The summed E-state index contributed by atoms with van der Waals surface area (Å²) in [6.07, 6.45) is 3.24. The average molecular weight is 304 g/mol. The Hall–Kier alpha value is -0.810. The van der Waals surface area contributed by atoms with Gasteiger partial charge in [0, 0.05) is 25.6 Å². The molecule has 2 fully saturated rings. The van der Waals surface area contributed by atoms with Gasteiger partial charge in [-0.25, -0.2) is 0 Å². The Morgan fingerprint density at radius 2 is 2.30 bits per heavy atom. The molecule has 0 bridgehead atoms. The number of nitrogens with one attached hydrogen (secondary N) is 2. The normalized spacial score (nSPS) is 27.9. The van der Waals surface area contributed by atoms with Crippen molar-refractivity contribution in [2.75, 3.05) is 19.6 Å². The quantitative estimate of drug-likeness (QED) is 0.812. The van der Waals surface area contributed by atoms with Gasteiger partial charge < -0.3 is 15.5 Å². The van der Waals surface area contributed by atoms with Crippen LogP contribution < -0.4 is 10.6 Å². The highest BCUT2D eigenvalue weighted by Crippen LogP contribution is 2.17. The Morgan fingerprint density at radius 1 is 1.55 bits per heavy atom. The van der Waals surface area contributed by atoms with Gasteiger partial charge in [-0.1, -0.05) is 13.8 Å². The highest BCUT2D eigenvalue weighted by atomic mass is 35.5. The molecule has 20 heavy (non-hydrogen) atoms. The topological polar surface area (TPSA) is 61.4 Å². The van der Waals surface area contributed by atoms with Crippen molar-refractivity contribution in [3.8, 4) is 0 Å². The van der Waals surface area contributed by atoms with Crippen LogP contribution in [0.25, 0.3) is 0 Å². The minimum absolute atomic E-state index is 0. The zero-order valence-corrected chi connectivity index (χ0v) is 13.2. The largest absolute Gasteiger partial charge is 0.350 e. The van der Waals surface area contributed by atoms with Gasteiger partial charge >= 0.3 is 0 Å². The average Bonchev–Trinajstić information content (AvgIpc) is 2.80. The molecule has 0 spiro atoms. The standard InChI is InChI=1S/C14H25N3O2.ClH/c1-3-12(17-8-4-5-13(17)18)14(19)16-11-9-15-7-6-10(11)2;/h10-12,15H,3-9H2,1-2H3,(H,16,19);1H. The van der Waals surface area contributed by atoms with E-state index in [0.29, 0.717) is 18.8 Å². The summed E-state index contributed by atoms with van der Waals surface area (Å²) in [5.74, 6) is 0.632. The molecular formula is C14H26ClN3O2. The van der Waals surface area contributed by atoms with Gasteiger partial charge in [-0.2, -0.15) is 0 Å². The highest BCUT2D eigenvalue weighted by Gasteiger charge is 2.33. The maximum absolute atomic E-state index is 12.4. The van der Waals surface area contributed by atoms with Gasteiger partial charge in [-0.05, 0) is 31.7 Å². The summed E-state index contributed by atoms with van der Waals surface area (Å²) in [7, 11) is 0. The third-order valence-corrected chi connectivity index (χ3v) is 4.33. The van der Waals surface area contributed by atoms with Crippen LogP contribution >= 0.6 is 12.4 Å². The van der Waals surface area contributed by atoms with Gasteiger partial charge in [0.2, 0.25) is 11.8 Å². The molecule has 6 heteroatoms. The summed E-state index contributed by atoms with van der Waals surface area (Å²) in [4.78, 5) is 25.9. The molecule has 5 nitrogen and oxygen atoms in total. The fourth-order valence-electron chi connectivity index (χ4n) is 3.01.